The van der Waals surface area contributed by atoms with Crippen molar-refractivity contribution in [3.8, 4) is 5.75 Å². The summed E-state index contributed by atoms with van der Waals surface area (Å²) in [5.41, 5.74) is 0.409. The molecule has 0 radical (unpaired) electrons. The molecule has 0 bridgehead atoms. The Morgan fingerprint density at radius 2 is 2.20 bits per heavy atom. The summed E-state index contributed by atoms with van der Waals surface area (Å²) >= 11 is 0. The first-order valence-electron chi connectivity index (χ1n) is 4.39. The van der Waals surface area contributed by atoms with Crippen LogP contribution in [-0.2, 0) is 4.74 Å². The van der Waals surface area contributed by atoms with E-state index in [1.807, 2.05) is 0 Å². The Morgan fingerprint density at radius 3 is 2.80 bits per heavy atom. The highest BCUT2D eigenvalue weighted by molar-refractivity contribution is 5.64. The van der Waals surface area contributed by atoms with Crippen LogP contribution >= 0.6 is 0 Å². The van der Waals surface area contributed by atoms with Crippen LogP contribution in [0.2, 0.25) is 0 Å². The van der Waals surface area contributed by atoms with E-state index in [1.165, 1.54) is 24.5 Å². The van der Waals surface area contributed by atoms with Gasteiger partial charge in [0, 0.05) is 0 Å². The van der Waals surface area contributed by atoms with E-state index >= 15 is 0 Å². The van der Waals surface area contributed by atoms with E-state index in [0.717, 1.165) is 0 Å². The molecular formula is C11H11FO3. The van der Waals surface area contributed by atoms with Crippen LogP contribution in [0.15, 0.2) is 30.5 Å². The second-order valence-corrected chi connectivity index (χ2v) is 2.85. The van der Waals surface area contributed by atoms with Crippen LogP contribution in [0.4, 0.5) is 9.18 Å². The molecule has 0 saturated carbocycles. The standard InChI is InChI=1S/C11H11FO3/c1-3-6-14-11(13)15-9-4-5-10(12)8(2)7-9/h3-7H,1-2H3/b6-3+. The number of halogens is 1. The number of ether oxygens (including phenoxy) is 2. The van der Waals surface area contributed by atoms with E-state index in [2.05, 4.69) is 4.74 Å². The quantitative estimate of drug-likeness (QED) is 0.427. The molecule has 0 amide bonds. The number of aryl methyl sites for hydroxylation is 1. The Kier molecular flexibility index (Phi) is 3.85. The predicted octanol–water partition coefficient (Wildman–Crippen LogP) is 3.18. The molecule has 80 valence electrons. The molecule has 0 aliphatic rings. The Hall–Kier alpha value is -1.84. The van der Waals surface area contributed by atoms with Gasteiger partial charge >= 0.3 is 6.16 Å². The third-order valence-electron chi connectivity index (χ3n) is 1.63. The van der Waals surface area contributed by atoms with Crippen molar-refractivity contribution in [1.82, 2.24) is 0 Å². The smallest absolute Gasteiger partial charge is 0.403 e. The highest BCUT2D eigenvalue weighted by atomic mass is 19.1. The zero-order valence-electron chi connectivity index (χ0n) is 8.49. The number of carbonyl (C=O) groups is 1. The van der Waals surface area contributed by atoms with Gasteiger partial charge in [0.15, 0.2) is 0 Å². The van der Waals surface area contributed by atoms with Gasteiger partial charge in [0.25, 0.3) is 0 Å². The molecule has 0 heterocycles. The Balaban J connectivity index is 2.65. The first kappa shape index (κ1) is 11.2. The van der Waals surface area contributed by atoms with Crippen molar-refractivity contribution in [2.45, 2.75) is 13.8 Å². The highest BCUT2D eigenvalue weighted by Crippen LogP contribution is 2.16. The largest absolute Gasteiger partial charge is 0.518 e. The molecule has 0 saturated heterocycles. The summed E-state index contributed by atoms with van der Waals surface area (Å²) in [5.74, 6) is -0.0902. The van der Waals surface area contributed by atoms with E-state index < -0.39 is 6.16 Å². The third kappa shape index (κ3) is 3.42. The van der Waals surface area contributed by atoms with E-state index in [0.29, 0.717) is 5.56 Å². The summed E-state index contributed by atoms with van der Waals surface area (Å²) in [5, 5.41) is 0. The summed E-state index contributed by atoms with van der Waals surface area (Å²) < 4.78 is 22.2. The number of carbonyl (C=O) groups excluding carboxylic acids is 1. The summed E-state index contributed by atoms with van der Waals surface area (Å²) in [6.45, 7) is 3.29. The molecule has 1 aromatic carbocycles. The molecule has 15 heavy (non-hydrogen) atoms. The summed E-state index contributed by atoms with van der Waals surface area (Å²) in [6, 6.07) is 4.01. The zero-order chi connectivity index (χ0) is 11.3. The van der Waals surface area contributed by atoms with Crippen LogP contribution in [0.3, 0.4) is 0 Å². The van der Waals surface area contributed by atoms with Gasteiger partial charge in [-0.1, -0.05) is 6.08 Å². The molecule has 0 spiro atoms. The minimum absolute atomic E-state index is 0.253. The molecule has 0 aromatic heterocycles. The van der Waals surface area contributed by atoms with Crippen molar-refractivity contribution in [3.63, 3.8) is 0 Å². The molecule has 0 aliphatic carbocycles. The van der Waals surface area contributed by atoms with Gasteiger partial charge in [-0.2, -0.15) is 0 Å². The molecule has 0 N–H and O–H groups in total. The maximum absolute atomic E-state index is 12.9. The van der Waals surface area contributed by atoms with Gasteiger partial charge in [0.1, 0.15) is 11.6 Å². The van der Waals surface area contributed by atoms with Crippen LogP contribution in [0.25, 0.3) is 0 Å². The van der Waals surface area contributed by atoms with Gasteiger partial charge in [0.05, 0.1) is 6.26 Å². The molecule has 0 atom stereocenters. The van der Waals surface area contributed by atoms with Gasteiger partial charge in [-0.3, -0.25) is 0 Å². The molecule has 1 rings (SSSR count). The van der Waals surface area contributed by atoms with Crippen molar-refractivity contribution in [2.24, 2.45) is 0 Å². The predicted molar refractivity (Wildman–Crippen MR) is 53.1 cm³/mol. The van der Waals surface area contributed by atoms with E-state index in [-0.39, 0.29) is 11.6 Å². The lowest BCUT2D eigenvalue weighted by molar-refractivity contribution is 0.135. The minimum atomic E-state index is -0.848. The van der Waals surface area contributed by atoms with Crippen molar-refractivity contribution >= 4 is 6.16 Å². The minimum Gasteiger partial charge on any atom is -0.403 e. The van der Waals surface area contributed by atoms with Gasteiger partial charge in [-0.25, -0.2) is 9.18 Å². The molecular weight excluding hydrogens is 199 g/mol. The number of hydrogen-bond acceptors (Lipinski definition) is 3. The molecule has 0 aliphatic heterocycles. The van der Waals surface area contributed by atoms with Crippen LogP contribution in [-0.4, -0.2) is 6.16 Å². The summed E-state index contributed by atoms with van der Waals surface area (Å²) in [7, 11) is 0. The molecule has 0 unspecified atom stereocenters. The average molecular weight is 210 g/mol. The number of hydrogen-bond donors (Lipinski definition) is 0. The fraction of sp³-hybridized carbons (Fsp3) is 0.182. The zero-order valence-corrected chi connectivity index (χ0v) is 8.49. The van der Waals surface area contributed by atoms with E-state index in [4.69, 9.17) is 4.74 Å². The first-order chi connectivity index (χ1) is 7.13. The Labute approximate surface area is 87.1 Å². The highest BCUT2D eigenvalue weighted by Gasteiger charge is 2.05. The lowest BCUT2D eigenvalue weighted by atomic mass is 10.2. The van der Waals surface area contributed by atoms with Gasteiger partial charge in [-0.15, -0.1) is 0 Å². The fourth-order valence-electron chi connectivity index (χ4n) is 0.925. The molecule has 4 heteroatoms. The SMILES string of the molecule is C/C=C/OC(=O)Oc1ccc(F)c(C)c1. The van der Waals surface area contributed by atoms with Crippen LogP contribution in [0.1, 0.15) is 12.5 Å². The van der Waals surface area contributed by atoms with Crippen LogP contribution in [0.5, 0.6) is 5.75 Å². The number of benzene rings is 1. The van der Waals surface area contributed by atoms with E-state index in [1.54, 1.807) is 19.9 Å². The van der Waals surface area contributed by atoms with Gasteiger partial charge in [-0.05, 0) is 37.6 Å². The monoisotopic (exact) mass is 210 g/mol. The lowest BCUT2D eigenvalue weighted by Gasteiger charge is -2.03. The average Bonchev–Trinajstić information content (AvgIpc) is 2.20. The normalized spacial score (nSPS) is 10.3. The fourth-order valence-corrected chi connectivity index (χ4v) is 0.925. The lowest BCUT2D eigenvalue weighted by Crippen LogP contribution is -2.07. The van der Waals surface area contributed by atoms with Crippen molar-refractivity contribution in [3.05, 3.63) is 41.9 Å². The van der Waals surface area contributed by atoms with Crippen molar-refractivity contribution in [2.75, 3.05) is 0 Å². The Bertz CT molecular complexity index is 385. The Morgan fingerprint density at radius 1 is 1.47 bits per heavy atom. The third-order valence-corrected chi connectivity index (χ3v) is 1.63. The van der Waals surface area contributed by atoms with Gasteiger partial charge < -0.3 is 9.47 Å². The summed E-state index contributed by atoms with van der Waals surface area (Å²) in [4.78, 5) is 11.0. The van der Waals surface area contributed by atoms with Crippen LogP contribution in [0, 0.1) is 12.7 Å². The maximum atomic E-state index is 12.9. The van der Waals surface area contributed by atoms with Crippen LogP contribution < -0.4 is 4.74 Å². The number of rotatable bonds is 2. The van der Waals surface area contributed by atoms with E-state index in [9.17, 15) is 9.18 Å². The maximum Gasteiger partial charge on any atom is 0.518 e. The summed E-state index contributed by atoms with van der Waals surface area (Å²) in [6.07, 6.45) is 1.91. The topological polar surface area (TPSA) is 35.5 Å². The van der Waals surface area contributed by atoms with Crippen molar-refractivity contribution < 1.29 is 18.7 Å². The number of allylic oxidation sites excluding steroid dienone is 1. The second-order valence-electron chi connectivity index (χ2n) is 2.85. The molecule has 0 fully saturated rings. The first-order valence-corrected chi connectivity index (χ1v) is 4.39. The second kappa shape index (κ2) is 5.14. The molecule has 1 aromatic rings. The van der Waals surface area contributed by atoms with Crippen molar-refractivity contribution in [1.29, 1.82) is 0 Å². The molecule has 3 nitrogen and oxygen atoms in total. The van der Waals surface area contributed by atoms with Gasteiger partial charge in [0.2, 0.25) is 0 Å².